The molecule has 0 aliphatic heterocycles. The molecule has 0 saturated heterocycles. The van der Waals surface area contributed by atoms with Gasteiger partial charge in [0.25, 0.3) is 5.91 Å². The molecule has 30 heavy (non-hydrogen) atoms. The first kappa shape index (κ1) is 28.5. The van der Waals surface area contributed by atoms with Gasteiger partial charge < -0.3 is 29.2 Å². The molecule has 0 fully saturated rings. The Kier molecular flexibility index (Phi) is 16.4. The Morgan fingerprint density at radius 3 is 2.60 bits per heavy atom. The summed E-state index contributed by atoms with van der Waals surface area (Å²) >= 11 is 0. The van der Waals surface area contributed by atoms with Crippen LogP contribution in [0.1, 0.15) is 47.0 Å². The first-order valence-electron chi connectivity index (χ1n) is 9.98. The number of hydrogen-bond donors (Lipinski definition) is 2. The summed E-state index contributed by atoms with van der Waals surface area (Å²) in [4.78, 5) is 27.7. The summed E-state index contributed by atoms with van der Waals surface area (Å²) in [6.07, 6.45) is 1.68. The molecule has 0 aliphatic carbocycles. The van der Waals surface area contributed by atoms with Gasteiger partial charge in [0.05, 0.1) is 19.5 Å². The van der Waals surface area contributed by atoms with Gasteiger partial charge >= 0.3 is 6.16 Å². The lowest BCUT2D eigenvalue weighted by Gasteiger charge is -2.28. The number of carbonyl (C=O) groups excluding carboxylic acids is 1. The number of amides is 1. The van der Waals surface area contributed by atoms with Crippen molar-refractivity contribution in [2.24, 2.45) is 5.92 Å². The van der Waals surface area contributed by atoms with Crippen molar-refractivity contribution in [3.8, 4) is 0 Å². The van der Waals surface area contributed by atoms with Crippen LogP contribution in [0.3, 0.4) is 0 Å². The van der Waals surface area contributed by atoms with Crippen molar-refractivity contribution >= 4 is 21.1 Å². The molecule has 0 aromatic heterocycles. The van der Waals surface area contributed by atoms with Crippen molar-refractivity contribution in [3.05, 3.63) is 12.8 Å². The standard InChI is InChI=1S/C19H36NO9P/c1-6-15(4)9-11-26-19(5,7-2)17(21)20-10-12-27-29-30-28-14-16(24-8-3)13-25-18(22)23/h8,15-16,30H,3,6-7,9-14H2,1-2,4-5H3,(H,20,21)(H,22,23). The van der Waals surface area contributed by atoms with Crippen LogP contribution in [0.15, 0.2) is 12.8 Å². The molecule has 10 nitrogen and oxygen atoms in total. The molecule has 0 heterocycles. The van der Waals surface area contributed by atoms with E-state index in [0.29, 0.717) is 18.9 Å². The SMILES string of the molecule is C=COC(COPOOCCNC(=O)C(C)(CC)OCCC(C)CC)COC(=O)O. The van der Waals surface area contributed by atoms with Crippen LogP contribution in [0, 0.1) is 5.92 Å². The molecule has 0 saturated carbocycles. The zero-order valence-electron chi connectivity index (χ0n) is 18.3. The number of nitrogens with one attached hydrogen (secondary N) is 1. The Labute approximate surface area is 180 Å². The fraction of sp³-hybridized carbons (Fsp3) is 0.789. The maximum atomic E-state index is 12.4. The minimum absolute atomic E-state index is 0.0285. The Hall–Kier alpha value is -1.45. The van der Waals surface area contributed by atoms with E-state index in [2.05, 4.69) is 30.5 Å². The Bertz CT molecular complexity index is 495. The van der Waals surface area contributed by atoms with Crippen molar-refractivity contribution in [1.29, 1.82) is 0 Å². The van der Waals surface area contributed by atoms with E-state index >= 15 is 0 Å². The van der Waals surface area contributed by atoms with Crippen LogP contribution in [0.2, 0.25) is 0 Å². The zero-order chi connectivity index (χ0) is 22.8. The Balaban J connectivity index is 3.92. The Morgan fingerprint density at radius 2 is 2.00 bits per heavy atom. The van der Waals surface area contributed by atoms with Crippen LogP contribution in [0.25, 0.3) is 0 Å². The topological polar surface area (TPSA) is 122 Å². The second-order valence-corrected chi connectivity index (χ2v) is 7.41. The van der Waals surface area contributed by atoms with Crippen LogP contribution < -0.4 is 5.32 Å². The van der Waals surface area contributed by atoms with E-state index in [1.165, 1.54) is 6.26 Å². The van der Waals surface area contributed by atoms with Gasteiger partial charge in [-0.2, -0.15) is 4.67 Å². The summed E-state index contributed by atoms with van der Waals surface area (Å²) in [7, 11) is -0.456. The van der Waals surface area contributed by atoms with Crippen molar-refractivity contribution in [2.45, 2.75) is 58.7 Å². The summed E-state index contributed by atoms with van der Waals surface area (Å²) < 4.78 is 25.3. The van der Waals surface area contributed by atoms with Gasteiger partial charge in [0.1, 0.15) is 12.2 Å². The summed E-state index contributed by atoms with van der Waals surface area (Å²) in [5, 5.41) is 11.2. The number of carboxylic acid groups (broad SMARTS) is 1. The molecular formula is C19H36NO9P. The predicted octanol–water partition coefficient (Wildman–Crippen LogP) is 3.42. The highest BCUT2D eigenvalue weighted by atomic mass is 31.1. The molecule has 0 aliphatic rings. The van der Waals surface area contributed by atoms with E-state index < -0.39 is 26.9 Å². The molecule has 0 aromatic rings. The summed E-state index contributed by atoms with van der Waals surface area (Å²) in [5.74, 6) is 0.366. The predicted molar refractivity (Wildman–Crippen MR) is 112 cm³/mol. The van der Waals surface area contributed by atoms with Crippen LogP contribution in [0.5, 0.6) is 0 Å². The lowest BCUT2D eigenvalue weighted by molar-refractivity contribution is -0.202. The fourth-order valence-corrected chi connectivity index (χ4v) is 2.49. The van der Waals surface area contributed by atoms with Crippen LogP contribution >= 0.6 is 9.03 Å². The van der Waals surface area contributed by atoms with E-state index in [4.69, 9.17) is 28.7 Å². The number of rotatable bonds is 19. The highest BCUT2D eigenvalue weighted by molar-refractivity contribution is 7.26. The number of hydrogen-bond acceptors (Lipinski definition) is 8. The third kappa shape index (κ3) is 13.7. The fourth-order valence-electron chi connectivity index (χ4n) is 2.05. The molecule has 4 unspecified atom stereocenters. The molecule has 1 amide bonds. The van der Waals surface area contributed by atoms with E-state index in [9.17, 15) is 9.59 Å². The molecule has 0 rings (SSSR count). The van der Waals surface area contributed by atoms with Gasteiger partial charge in [0.2, 0.25) is 0 Å². The third-order valence-corrected chi connectivity index (χ3v) is 4.93. The second kappa shape index (κ2) is 17.3. The van der Waals surface area contributed by atoms with E-state index in [1.807, 2.05) is 6.92 Å². The first-order valence-corrected chi connectivity index (χ1v) is 10.8. The van der Waals surface area contributed by atoms with Crippen LogP contribution in [-0.2, 0) is 33.1 Å². The summed E-state index contributed by atoms with van der Waals surface area (Å²) in [5.41, 5.74) is -0.878. The summed E-state index contributed by atoms with van der Waals surface area (Å²) in [6.45, 7) is 12.1. The van der Waals surface area contributed by atoms with Crippen molar-refractivity contribution in [3.63, 3.8) is 0 Å². The second-order valence-electron chi connectivity index (χ2n) is 6.79. The van der Waals surface area contributed by atoms with Crippen LogP contribution in [-0.4, -0.2) is 61.8 Å². The molecular weight excluding hydrogens is 417 g/mol. The minimum Gasteiger partial charge on any atom is -0.493 e. The minimum atomic E-state index is -1.41. The summed E-state index contributed by atoms with van der Waals surface area (Å²) in [6, 6.07) is 0. The van der Waals surface area contributed by atoms with Gasteiger partial charge in [-0.3, -0.25) is 4.79 Å². The molecule has 176 valence electrons. The highest BCUT2D eigenvalue weighted by Crippen LogP contribution is 2.18. The molecule has 4 atom stereocenters. The smallest absolute Gasteiger partial charge is 0.493 e. The average molecular weight is 453 g/mol. The van der Waals surface area contributed by atoms with Gasteiger partial charge in [-0.05, 0) is 25.7 Å². The van der Waals surface area contributed by atoms with E-state index in [1.54, 1.807) is 6.92 Å². The molecule has 0 radical (unpaired) electrons. The lowest BCUT2D eigenvalue weighted by atomic mass is 10.0. The lowest BCUT2D eigenvalue weighted by Crippen LogP contribution is -2.47. The van der Waals surface area contributed by atoms with E-state index in [-0.39, 0.29) is 32.3 Å². The van der Waals surface area contributed by atoms with Crippen molar-refractivity contribution in [2.75, 3.05) is 33.0 Å². The van der Waals surface area contributed by atoms with Gasteiger partial charge in [-0.1, -0.05) is 33.8 Å². The molecule has 0 aromatic carbocycles. The molecule has 2 N–H and O–H groups in total. The molecule has 0 bridgehead atoms. The monoisotopic (exact) mass is 453 g/mol. The Morgan fingerprint density at radius 1 is 1.27 bits per heavy atom. The molecule has 11 heteroatoms. The third-order valence-electron chi connectivity index (χ3n) is 4.46. The van der Waals surface area contributed by atoms with Crippen LogP contribution in [0.4, 0.5) is 4.79 Å². The first-order chi connectivity index (χ1) is 14.3. The maximum absolute atomic E-state index is 12.4. The van der Waals surface area contributed by atoms with Crippen molar-refractivity contribution in [1.82, 2.24) is 5.32 Å². The number of ether oxygens (including phenoxy) is 3. The van der Waals surface area contributed by atoms with E-state index in [0.717, 1.165) is 12.8 Å². The van der Waals surface area contributed by atoms with Crippen molar-refractivity contribution < 1.29 is 43.0 Å². The quantitative estimate of drug-likeness (QED) is 0.0756. The maximum Gasteiger partial charge on any atom is 0.505 e. The molecule has 0 spiro atoms. The van der Waals surface area contributed by atoms with Gasteiger partial charge in [-0.25, -0.2) is 9.68 Å². The zero-order valence-corrected chi connectivity index (χ0v) is 19.3. The number of carbonyl (C=O) groups is 2. The largest absolute Gasteiger partial charge is 0.505 e. The average Bonchev–Trinajstić information content (AvgIpc) is 2.72. The normalized spacial score (nSPS) is 15.3. The van der Waals surface area contributed by atoms with Gasteiger partial charge in [-0.15, -0.1) is 0 Å². The van der Waals surface area contributed by atoms with Gasteiger partial charge in [0.15, 0.2) is 15.1 Å². The van der Waals surface area contributed by atoms with Gasteiger partial charge in [0, 0.05) is 13.2 Å². The highest BCUT2D eigenvalue weighted by Gasteiger charge is 2.31.